The van der Waals surface area contributed by atoms with Crippen molar-refractivity contribution in [1.82, 2.24) is 10.2 Å². The normalized spacial score (nSPS) is 15.1. The lowest BCUT2D eigenvalue weighted by atomic mass is 10.1. The Morgan fingerprint density at radius 3 is 2.53 bits per heavy atom. The predicted molar refractivity (Wildman–Crippen MR) is 134 cm³/mol. The zero-order chi connectivity index (χ0) is 24.9. The molecule has 1 aromatic carbocycles. The quantitative estimate of drug-likeness (QED) is 0.290. The number of carbonyl (C=O) groups is 3. The average Bonchev–Trinajstić information content (AvgIpc) is 3.32. The molecule has 180 valence electrons. The van der Waals surface area contributed by atoms with E-state index in [1.54, 1.807) is 56.0 Å². The van der Waals surface area contributed by atoms with Crippen LogP contribution in [0.2, 0.25) is 0 Å². The van der Waals surface area contributed by atoms with E-state index in [9.17, 15) is 14.4 Å². The number of ether oxygens (including phenoxy) is 1. The second kappa shape index (κ2) is 10.9. The minimum atomic E-state index is -0.993. The molecule has 10 heteroatoms. The van der Waals surface area contributed by atoms with E-state index in [1.165, 1.54) is 23.9 Å². The summed E-state index contributed by atoms with van der Waals surface area (Å²) in [6, 6.07) is 9.86. The number of alkyl carbamates (subject to hydrolysis) is 1. The van der Waals surface area contributed by atoms with Gasteiger partial charge in [0, 0.05) is 24.7 Å². The lowest BCUT2D eigenvalue weighted by molar-refractivity contribution is -0.122. The third-order valence-corrected chi connectivity index (χ3v) is 6.04. The molecule has 0 atom stereocenters. The van der Waals surface area contributed by atoms with Crippen LogP contribution in [0.4, 0.5) is 4.79 Å². The molecule has 0 radical (unpaired) electrons. The number of aromatic carboxylic acids is 1. The van der Waals surface area contributed by atoms with Crippen molar-refractivity contribution < 1.29 is 28.6 Å². The monoisotopic (exact) mass is 502 g/mol. The fraction of sp³-hybridized carbons (Fsp3) is 0.333. The summed E-state index contributed by atoms with van der Waals surface area (Å²) in [5.41, 5.74) is 0.384. The molecule has 0 spiro atoms. The number of benzene rings is 1. The molecule has 2 heterocycles. The molecular weight excluding hydrogens is 476 g/mol. The highest BCUT2D eigenvalue weighted by Gasteiger charge is 2.31. The van der Waals surface area contributed by atoms with Gasteiger partial charge < -0.3 is 19.6 Å². The zero-order valence-electron chi connectivity index (χ0n) is 19.1. The minimum absolute atomic E-state index is 0.182. The summed E-state index contributed by atoms with van der Waals surface area (Å²) in [4.78, 5) is 37.5. The van der Waals surface area contributed by atoms with Crippen LogP contribution in [0, 0.1) is 0 Å². The van der Waals surface area contributed by atoms with Gasteiger partial charge in [-0.2, -0.15) is 0 Å². The van der Waals surface area contributed by atoms with Crippen molar-refractivity contribution in [2.24, 2.45) is 0 Å². The molecule has 0 unspecified atom stereocenters. The number of furan rings is 1. The van der Waals surface area contributed by atoms with Crippen molar-refractivity contribution >= 4 is 52.3 Å². The summed E-state index contributed by atoms with van der Waals surface area (Å²) in [5.74, 6) is -0.109. The van der Waals surface area contributed by atoms with Crippen LogP contribution in [0.1, 0.15) is 49.7 Å². The molecule has 1 saturated heterocycles. The summed E-state index contributed by atoms with van der Waals surface area (Å²) < 4.78 is 11.5. The van der Waals surface area contributed by atoms with Crippen LogP contribution >= 0.6 is 24.0 Å². The number of thiocarbonyl (C=S) groups is 1. The van der Waals surface area contributed by atoms with Gasteiger partial charge in [-0.1, -0.05) is 36.1 Å². The first kappa shape index (κ1) is 25.5. The standard InChI is InChI=1S/C24H26N2O6S2/c1-24(2,3)32-22(30)25-12-4-5-13-26-20(27)19(34-23(26)33)14-17-10-11-18(31-17)15-6-8-16(9-7-15)21(28)29/h6-11,14H,4-5,12-13H2,1-3H3,(H,25,30)(H,28,29). The number of carboxylic acids is 1. The third kappa shape index (κ3) is 6.94. The van der Waals surface area contributed by atoms with Gasteiger partial charge in [0.05, 0.1) is 10.5 Å². The molecule has 1 fully saturated rings. The smallest absolute Gasteiger partial charge is 0.407 e. The molecular formula is C24H26N2O6S2. The van der Waals surface area contributed by atoms with Crippen LogP contribution in [0.5, 0.6) is 0 Å². The summed E-state index contributed by atoms with van der Waals surface area (Å²) in [6.07, 6.45) is 2.54. The highest BCUT2D eigenvalue weighted by molar-refractivity contribution is 8.26. The maximum atomic E-state index is 12.8. The van der Waals surface area contributed by atoms with Crippen molar-refractivity contribution in [2.45, 2.75) is 39.2 Å². The molecule has 34 heavy (non-hydrogen) atoms. The van der Waals surface area contributed by atoms with Gasteiger partial charge in [-0.15, -0.1) is 0 Å². The van der Waals surface area contributed by atoms with Crippen LogP contribution < -0.4 is 5.32 Å². The van der Waals surface area contributed by atoms with Crippen molar-refractivity contribution in [3.63, 3.8) is 0 Å². The minimum Gasteiger partial charge on any atom is -0.478 e. The van der Waals surface area contributed by atoms with E-state index in [4.69, 9.17) is 26.5 Å². The number of carboxylic acid groups (broad SMARTS) is 1. The first-order chi connectivity index (χ1) is 16.0. The molecule has 2 amide bonds. The average molecular weight is 503 g/mol. The largest absolute Gasteiger partial charge is 0.478 e. The van der Waals surface area contributed by atoms with Crippen molar-refractivity contribution in [2.75, 3.05) is 13.1 Å². The van der Waals surface area contributed by atoms with E-state index in [0.29, 0.717) is 46.7 Å². The summed E-state index contributed by atoms with van der Waals surface area (Å²) in [7, 11) is 0. The Labute approximate surface area is 207 Å². The second-order valence-electron chi connectivity index (χ2n) is 8.55. The predicted octanol–water partition coefficient (Wildman–Crippen LogP) is 5.15. The maximum absolute atomic E-state index is 12.8. The molecule has 2 aromatic rings. The van der Waals surface area contributed by atoms with Gasteiger partial charge in [0.15, 0.2) is 0 Å². The Morgan fingerprint density at radius 1 is 1.18 bits per heavy atom. The number of nitrogens with one attached hydrogen (secondary N) is 1. The van der Waals surface area contributed by atoms with Crippen molar-refractivity contribution in [1.29, 1.82) is 0 Å². The Hall–Kier alpha value is -3.11. The Kier molecular flexibility index (Phi) is 8.16. The highest BCUT2D eigenvalue weighted by Crippen LogP contribution is 2.33. The second-order valence-corrected chi connectivity index (χ2v) is 10.2. The molecule has 0 bridgehead atoms. The number of thioether (sulfide) groups is 1. The lowest BCUT2D eigenvalue weighted by Gasteiger charge is -2.19. The topological polar surface area (TPSA) is 109 Å². The Morgan fingerprint density at radius 2 is 1.88 bits per heavy atom. The maximum Gasteiger partial charge on any atom is 0.407 e. The van der Waals surface area contributed by atoms with Crippen molar-refractivity contribution in [3.8, 4) is 11.3 Å². The van der Waals surface area contributed by atoms with Crippen LogP contribution in [0.3, 0.4) is 0 Å². The number of hydrogen-bond acceptors (Lipinski definition) is 7. The summed E-state index contributed by atoms with van der Waals surface area (Å²) in [6.45, 7) is 6.31. The number of hydrogen-bond donors (Lipinski definition) is 2. The van der Waals surface area contributed by atoms with Gasteiger partial charge in [-0.3, -0.25) is 9.69 Å². The lowest BCUT2D eigenvalue weighted by Crippen LogP contribution is -2.33. The molecule has 1 aliphatic rings. The fourth-order valence-electron chi connectivity index (χ4n) is 3.08. The molecule has 0 saturated carbocycles. The fourth-order valence-corrected chi connectivity index (χ4v) is 4.37. The first-order valence-corrected chi connectivity index (χ1v) is 11.9. The first-order valence-electron chi connectivity index (χ1n) is 10.7. The molecule has 3 rings (SSSR count). The van der Waals surface area contributed by atoms with E-state index in [-0.39, 0.29) is 11.5 Å². The number of amides is 2. The van der Waals surface area contributed by atoms with Gasteiger partial charge in [-0.05, 0) is 57.9 Å². The SMILES string of the molecule is CC(C)(C)OC(=O)NCCCCN1C(=O)C(=Cc2ccc(-c3ccc(C(=O)O)cc3)o2)SC1=S. The zero-order valence-corrected chi connectivity index (χ0v) is 20.8. The number of unbranched alkanes of at least 4 members (excludes halogenated alkanes) is 1. The van der Waals surface area contributed by atoms with Crippen LogP contribution in [0.15, 0.2) is 45.7 Å². The summed E-state index contributed by atoms with van der Waals surface area (Å²) >= 11 is 6.58. The molecule has 2 N–H and O–H groups in total. The van der Waals surface area contributed by atoms with E-state index in [0.717, 1.165) is 5.56 Å². The van der Waals surface area contributed by atoms with Crippen LogP contribution in [0.25, 0.3) is 17.4 Å². The Bertz CT molecular complexity index is 1120. The molecule has 8 nitrogen and oxygen atoms in total. The van der Waals surface area contributed by atoms with E-state index in [2.05, 4.69) is 5.32 Å². The van der Waals surface area contributed by atoms with Gasteiger partial charge in [0.1, 0.15) is 21.4 Å². The van der Waals surface area contributed by atoms with E-state index in [1.807, 2.05) is 0 Å². The Balaban J connectivity index is 1.53. The van der Waals surface area contributed by atoms with E-state index < -0.39 is 17.7 Å². The third-order valence-electron chi connectivity index (χ3n) is 4.67. The number of carbonyl (C=O) groups excluding carboxylic acids is 2. The number of nitrogens with zero attached hydrogens (tertiary/aromatic N) is 1. The molecule has 1 aliphatic heterocycles. The molecule has 1 aromatic heterocycles. The van der Waals surface area contributed by atoms with Gasteiger partial charge >= 0.3 is 12.1 Å². The van der Waals surface area contributed by atoms with Gasteiger partial charge in [-0.25, -0.2) is 9.59 Å². The summed E-state index contributed by atoms with van der Waals surface area (Å²) in [5, 5.41) is 11.7. The van der Waals surface area contributed by atoms with E-state index >= 15 is 0 Å². The van der Waals surface area contributed by atoms with Gasteiger partial charge in [0.25, 0.3) is 5.91 Å². The van der Waals surface area contributed by atoms with Crippen molar-refractivity contribution in [3.05, 3.63) is 52.6 Å². The van der Waals surface area contributed by atoms with Crippen LogP contribution in [-0.4, -0.2) is 51.0 Å². The highest BCUT2D eigenvalue weighted by atomic mass is 32.2. The van der Waals surface area contributed by atoms with Gasteiger partial charge in [0.2, 0.25) is 0 Å². The van der Waals surface area contributed by atoms with Crippen LogP contribution in [-0.2, 0) is 9.53 Å². The molecule has 0 aliphatic carbocycles. The number of rotatable bonds is 8.